The molecule has 0 saturated heterocycles. The van der Waals surface area contributed by atoms with Crippen molar-refractivity contribution in [2.45, 2.75) is 53.4 Å². The average molecular weight is 326 g/mol. The van der Waals surface area contributed by atoms with Gasteiger partial charge in [-0.2, -0.15) is 0 Å². The van der Waals surface area contributed by atoms with E-state index in [9.17, 15) is 0 Å². The topological polar surface area (TPSA) is 18.5 Å². The van der Waals surface area contributed by atoms with E-state index in [1.54, 1.807) is 0 Å². The van der Waals surface area contributed by atoms with E-state index in [1.165, 1.54) is 22.3 Å². The van der Waals surface area contributed by atoms with Crippen LogP contribution >= 0.6 is 0 Å². The molecule has 0 N–H and O–H groups in total. The smallest absolute Gasteiger partial charge is 0.119 e. The predicted molar refractivity (Wildman–Crippen MR) is 102 cm³/mol. The van der Waals surface area contributed by atoms with Crippen molar-refractivity contribution in [2.75, 3.05) is 13.2 Å². The fourth-order valence-electron chi connectivity index (χ4n) is 2.63. The Kier molecular flexibility index (Phi) is 7.17. The van der Waals surface area contributed by atoms with E-state index in [1.807, 2.05) is 0 Å². The van der Waals surface area contributed by atoms with Gasteiger partial charge in [0.25, 0.3) is 0 Å². The summed E-state index contributed by atoms with van der Waals surface area (Å²) in [7, 11) is 0. The molecule has 0 fully saturated rings. The average Bonchev–Trinajstić information content (AvgIpc) is 2.58. The van der Waals surface area contributed by atoms with Gasteiger partial charge in [0, 0.05) is 0 Å². The molecule has 0 bridgehead atoms. The van der Waals surface area contributed by atoms with Crippen molar-refractivity contribution in [3.63, 3.8) is 0 Å². The lowest BCUT2D eigenvalue weighted by Crippen LogP contribution is -1.99. The number of hydrogen-bond acceptors (Lipinski definition) is 2. The minimum absolute atomic E-state index is 0.776. The molecule has 0 amide bonds. The maximum atomic E-state index is 5.88. The highest BCUT2D eigenvalue weighted by molar-refractivity contribution is 5.73. The van der Waals surface area contributed by atoms with E-state index in [2.05, 4.69) is 64.1 Å². The second-order valence-corrected chi connectivity index (χ2v) is 6.36. The molecule has 0 spiro atoms. The van der Waals surface area contributed by atoms with Crippen LogP contribution in [-0.4, -0.2) is 13.2 Å². The van der Waals surface area contributed by atoms with Crippen LogP contribution in [0.5, 0.6) is 11.5 Å². The number of hydrogen-bond donors (Lipinski definition) is 0. The lowest BCUT2D eigenvalue weighted by molar-refractivity contribution is 0.309. The number of unbranched alkanes of at least 4 members (excludes halogenated alkanes) is 2. The van der Waals surface area contributed by atoms with Gasteiger partial charge in [0.15, 0.2) is 0 Å². The first kappa shape index (κ1) is 18.4. The summed E-state index contributed by atoms with van der Waals surface area (Å²) in [4.78, 5) is 0. The SMILES string of the molecule is CCCCOc1ccc(C)c(-c2cc(OCCCC)ccc2C)c1. The molecule has 0 atom stereocenters. The number of ether oxygens (including phenoxy) is 2. The molecule has 0 aromatic heterocycles. The van der Waals surface area contributed by atoms with Crippen molar-refractivity contribution in [3.8, 4) is 22.6 Å². The van der Waals surface area contributed by atoms with Gasteiger partial charge in [-0.1, -0.05) is 38.8 Å². The van der Waals surface area contributed by atoms with Crippen LogP contribution in [0.15, 0.2) is 36.4 Å². The monoisotopic (exact) mass is 326 g/mol. The maximum absolute atomic E-state index is 5.88. The summed E-state index contributed by atoms with van der Waals surface area (Å²) in [5.74, 6) is 1.89. The van der Waals surface area contributed by atoms with Gasteiger partial charge in [-0.05, 0) is 73.2 Å². The number of benzene rings is 2. The van der Waals surface area contributed by atoms with E-state index in [0.717, 1.165) is 50.4 Å². The minimum atomic E-state index is 0.776. The van der Waals surface area contributed by atoms with Gasteiger partial charge in [0.2, 0.25) is 0 Å². The Morgan fingerprint density at radius 3 is 1.46 bits per heavy atom. The highest BCUT2D eigenvalue weighted by atomic mass is 16.5. The van der Waals surface area contributed by atoms with Crippen LogP contribution in [-0.2, 0) is 0 Å². The highest BCUT2D eigenvalue weighted by Crippen LogP contribution is 2.32. The molecule has 0 unspecified atom stereocenters. The Balaban J connectivity index is 2.25. The van der Waals surface area contributed by atoms with Crippen LogP contribution in [0.25, 0.3) is 11.1 Å². The summed E-state index contributed by atoms with van der Waals surface area (Å²) in [5, 5.41) is 0. The van der Waals surface area contributed by atoms with Crippen LogP contribution < -0.4 is 9.47 Å². The Labute approximate surface area is 146 Å². The summed E-state index contributed by atoms with van der Waals surface area (Å²) in [6.45, 7) is 10.2. The van der Waals surface area contributed by atoms with Crippen LogP contribution in [0.1, 0.15) is 50.7 Å². The first-order chi connectivity index (χ1) is 11.7. The standard InChI is InChI=1S/C22H30O2/c1-5-7-13-23-19-11-9-17(3)21(15-19)22-16-20(12-10-18(22)4)24-14-8-6-2/h9-12,15-16H,5-8,13-14H2,1-4H3. The minimum Gasteiger partial charge on any atom is -0.494 e. The molecule has 2 rings (SSSR count). The zero-order valence-electron chi connectivity index (χ0n) is 15.5. The van der Waals surface area contributed by atoms with Crippen molar-refractivity contribution in [1.82, 2.24) is 0 Å². The second kappa shape index (κ2) is 9.36. The fraction of sp³-hybridized carbons (Fsp3) is 0.455. The van der Waals surface area contributed by atoms with Crippen molar-refractivity contribution in [2.24, 2.45) is 0 Å². The zero-order chi connectivity index (χ0) is 17.4. The van der Waals surface area contributed by atoms with Gasteiger partial charge in [0.05, 0.1) is 13.2 Å². The quantitative estimate of drug-likeness (QED) is 0.501. The van der Waals surface area contributed by atoms with Crippen molar-refractivity contribution >= 4 is 0 Å². The van der Waals surface area contributed by atoms with Crippen LogP contribution in [0.3, 0.4) is 0 Å². The molecule has 0 radical (unpaired) electrons. The Morgan fingerprint density at radius 1 is 0.667 bits per heavy atom. The summed E-state index contributed by atoms with van der Waals surface area (Å²) >= 11 is 0. The summed E-state index contributed by atoms with van der Waals surface area (Å²) in [6, 6.07) is 12.7. The van der Waals surface area contributed by atoms with E-state index in [-0.39, 0.29) is 0 Å². The first-order valence-electron chi connectivity index (χ1n) is 9.13. The van der Waals surface area contributed by atoms with Gasteiger partial charge in [-0.3, -0.25) is 0 Å². The fourth-order valence-corrected chi connectivity index (χ4v) is 2.63. The van der Waals surface area contributed by atoms with E-state index >= 15 is 0 Å². The lowest BCUT2D eigenvalue weighted by Gasteiger charge is -2.14. The third-order valence-electron chi connectivity index (χ3n) is 4.24. The predicted octanol–water partition coefficient (Wildman–Crippen LogP) is 6.33. The third kappa shape index (κ3) is 5.02. The molecule has 0 aliphatic carbocycles. The third-order valence-corrected chi connectivity index (χ3v) is 4.24. The van der Waals surface area contributed by atoms with E-state index in [4.69, 9.17) is 9.47 Å². The zero-order valence-corrected chi connectivity index (χ0v) is 15.5. The molecule has 2 aromatic carbocycles. The molecular formula is C22H30O2. The van der Waals surface area contributed by atoms with E-state index in [0.29, 0.717) is 0 Å². The molecule has 0 heterocycles. The van der Waals surface area contributed by atoms with Crippen LogP contribution in [0.4, 0.5) is 0 Å². The summed E-state index contributed by atoms with van der Waals surface area (Å²) < 4.78 is 11.8. The normalized spacial score (nSPS) is 10.7. The largest absolute Gasteiger partial charge is 0.494 e. The second-order valence-electron chi connectivity index (χ2n) is 6.36. The molecular weight excluding hydrogens is 296 g/mol. The molecule has 24 heavy (non-hydrogen) atoms. The van der Waals surface area contributed by atoms with Crippen molar-refractivity contribution < 1.29 is 9.47 Å². The molecule has 0 aliphatic heterocycles. The Bertz CT molecular complexity index is 589. The van der Waals surface area contributed by atoms with Crippen LogP contribution in [0, 0.1) is 13.8 Å². The maximum Gasteiger partial charge on any atom is 0.119 e. The Hall–Kier alpha value is -1.96. The van der Waals surface area contributed by atoms with Gasteiger partial charge in [0.1, 0.15) is 11.5 Å². The van der Waals surface area contributed by atoms with Gasteiger partial charge < -0.3 is 9.47 Å². The molecule has 2 heteroatoms. The highest BCUT2D eigenvalue weighted by Gasteiger charge is 2.09. The number of rotatable bonds is 9. The van der Waals surface area contributed by atoms with E-state index < -0.39 is 0 Å². The molecule has 2 aromatic rings. The van der Waals surface area contributed by atoms with Gasteiger partial charge in [-0.15, -0.1) is 0 Å². The Morgan fingerprint density at radius 2 is 1.08 bits per heavy atom. The molecule has 130 valence electrons. The van der Waals surface area contributed by atoms with Gasteiger partial charge >= 0.3 is 0 Å². The number of aryl methyl sites for hydroxylation is 2. The summed E-state index contributed by atoms with van der Waals surface area (Å²) in [6.07, 6.45) is 4.47. The molecule has 2 nitrogen and oxygen atoms in total. The first-order valence-corrected chi connectivity index (χ1v) is 9.13. The summed E-state index contributed by atoms with van der Waals surface area (Å²) in [5.41, 5.74) is 4.96. The van der Waals surface area contributed by atoms with Gasteiger partial charge in [-0.25, -0.2) is 0 Å². The van der Waals surface area contributed by atoms with Crippen molar-refractivity contribution in [1.29, 1.82) is 0 Å². The van der Waals surface area contributed by atoms with Crippen molar-refractivity contribution in [3.05, 3.63) is 47.5 Å². The molecule has 0 saturated carbocycles. The van der Waals surface area contributed by atoms with Crippen LogP contribution in [0.2, 0.25) is 0 Å². The lowest BCUT2D eigenvalue weighted by atomic mass is 9.96. The molecule has 0 aliphatic rings.